The molecule has 1 amide bonds. The number of hydrogen-bond acceptors (Lipinski definition) is 3. The molecule has 1 heterocycles. The second kappa shape index (κ2) is 5.15. The molecule has 2 rings (SSSR count). The van der Waals surface area contributed by atoms with Crippen molar-refractivity contribution in [3.8, 4) is 0 Å². The summed E-state index contributed by atoms with van der Waals surface area (Å²) in [4.78, 5) is 24.6. The number of carbonyl (C=O) groups is 2. The van der Waals surface area contributed by atoms with E-state index < -0.39 is 11.6 Å². The van der Waals surface area contributed by atoms with Crippen LogP contribution in [0.5, 0.6) is 0 Å². The average molecular weight is 277 g/mol. The van der Waals surface area contributed by atoms with E-state index in [1.165, 1.54) is 0 Å². The molecule has 1 aliphatic heterocycles. The van der Waals surface area contributed by atoms with E-state index in [2.05, 4.69) is 0 Å². The molecule has 5 nitrogen and oxygen atoms in total. The summed E-state index contributed by atoms with van der Waals surface area (Å²) in [6.45, 7) is 6.46. The molecule has 0 aliphatic carbocycles. The van der Waals surface area contributed by atoms with Crippen LogP contribution in [0.2, 0.25) is 0 Å². The third-order valence-corrected chi connectivity index (χ3v) is 3.16. The Morgan fingerprint density at radius 2 is 1.85 bits per heavy atom. The number of ether oxygens (including phenoxy) is 1. The van der Waals surface area contributed by atoms with E-state index in [1.54, 1.807) is 23.1 Å². The van der Waals surface area contributed by atoms with E-state index in [4.69, 9.17) is 9.84 Å². The normalized spacial score (nSPS) is 15.7. The molecule has 0 bridgehead atoms. The lowest BCUT2D eigenvalue weighted by Crippen LogP contribution is -2.50. The number of aromatic carboxylic acids is 1. The second-order valence-corrected chi connectivity index (χ2v) is 5.97. The van der Waals surface area contributed by atoms with Gasteiger partial charge in [-0.1, -0.05) is 18.2 Å². The molecule has 1 saturated heterocycles. The molecule has 0 radical (unpaired) electrons. The van der Waals surface area contributed by atoms with Crippen LogP contribution in [-0.4, -0.2) is 40.8 Å². The second-order valence-electron chi connectivity index (χ2n) is 5.97. The fraction of sp³-hybridized carbons (Fsp3) is 0.467. The van der Waals surface area contributed by atoms with Crippen LogP contribution < -0.4 is 0 Å². The van der Waals surface area contributed by atoms with Crippen LogP contribution in [0, 0.1) is 0 Å². The van der Waals surface area contributed by atoms with Gasteiger partial charge in [0.25, 0.3) is 0 Å². The molecule has 5 heteroatoms. The highest BCUT2D eigenvalue weighted by atomic mass is 16.6. The van der Waals surface area contributed by atoms with Gasteiger partial charge in [0.1, 0.15) is 5.60 Å². The molecular formula is C15H19NO4. The number of carbonyl (C=O) groups excluding carboxylic acids is 1. The fourth-order valence-corrected chi connectivity index (χ4v) is 2.20. The number of nitrogens with zero attached hydrogens (tertiary/aromatic N) is 1. The number of benzene rings is 1. The maximum Gasteiger partial charge on any atom is 0.410 e. The minimum atomic E-state index is -0.934. The first kappa shape index (κ1) is 14.4. The molecule has 108 valence electrons. The van der Waals surface area contributed by atoms with E-state index in [-0.39, 0.29) is 12.0 Å². The Morgan fingerprint density at radius 3 is 2.40 bits per heavy atom. The van der Waals surface area contributed by atoms with Crippen molar-refractivity contribution in [1.29, 1.82) is 0 Å². The first-order valence-corrected chi connectivity index (χ1v) is 6.58. The van der Waals surface area contributed by atoms with Gasteiger partial charge < -0.3 is 14.7 Å². The molecule has 0 spiro atoms. The van der Waals surface area contributed by atoms with E-state index in [1.807, 2.05) is 26.8 Å². The van der Waals surface area contributed by atoms with Crippen molar-refractivity contribution in [2.45, 2.75) is 32.3 Å². The van der Waals surface area contributed by atoms with Crippen molar-refractivity contribution in [1.82, 2.24) is 4.90 Å². The molecule has 0 unspecified atom stereocenters. The zero-order valence-corrected chi connectivity index (χ0v) is 11.9. The summed E-state index contributed by atoms with van der Waals surface area (Å²) in [7, 11) is 0. The molecule has 20 heavy (non-hydrogen) atoms. The van der Waals surface area contributed by atoms with Gasteiger partial charge in [0, 0.05) is 19.0 Å². The van der Waals surface area contributed by atoms with Gasteiger partial charge in [-0.2, -0.15) is 0 Å². The van der Waals surface area contributed by atoms with Crippen molar-refractivity contribution in [3.05, 3.63) is 35.4 Å². The molecule has 0 saturated carbocycles. The summed E-state index contributed by atoms with van der Waals surface area (Å²) >= 11 is 0. The standard InChI is InChI=1S/C15H19NO4/c1-15(2,3)20-14(19)16-8-10(9-16)11-6-4-5-7-12(11)13(17)18/h4-7,10H,8-9H2,1-3H3,(H,17,18). The van der Waals surface area contributed by atoms with Gasteiger partial charge in [-0.15, -0.1) is 0 Å². The molecule has 0 aromatic heterocycles. The van der Waals surface area contributed by atoms with Crippen LogP contribution in [0.4, 0.5) is 4.79 Å². The quantitative estimate of drug-likeness (QED) is 0.902. The largest absolute Gasteiger partial charge is 0.478 e. The summed E-state index contributed by atoms with van der Waals surface area (Å²) in [5.74, 6) is -0.869. The Labute approximate surface area is 118 Å². The molecule has 1 aliphatic rings. The Kier molecular flexibility index (Phi) is 3.70. The number of amides is 1. The SMILES string of the molecule is CC(C)(C)OC(=O)N1CC(c2ccccc2C(=O)O)C1. The lowest BCUT2D eigenvalue weighted by atomic mass is 9.88. The Hall–Kier alpha value is -2.04. The van der Waals surface area contributed by atoms with Gasteiger partial charge in [0.2, 0.25) is 0 Å². The van der Waals surface area contributed by atoms with E-state index in [0.29, 0.717) is 18.7 Å². The van der Waals surface area contributed by atoms with Crippen LogP contribution in [0.3, 0.4) is 0 Å². The minimum absolute atomic E-state index is 0.0646. The van der Waals surface area contributed by atoms with Crippen molar-refractivity contribution < 1.29 is 19.4 Å². The summed E-state index contributed by atoms with van der Waals surface area (Å²) in [6.07, 6.45) is -0.346. The van der Waals surface area contributed by atoms with Crippen molar-refractivity contribution in [2.75, 3.05) is 13.1 Å². The van der Waals surface area contributed by atoms with Gasteiger partial charge in [0.15, 0.2) is 0 Å². The molecule has 1 aromatic rings. The highest BCUT2D eigenvalue weighted by Gasteiger charge is 2.36. The van der Waals surface area contributed by atoms with Gasteiger partial charge in [-0.3, -0.25) is 0 Å². The van der Waals surface area contributed by atoms with Crippen LogP contribution in [0.25, 0.3) is 0 Å². The van der Waals surface area contributed by atoms with Crippen LogP contribution >= 0.6 is 0 Å². The monoisotopic (exact) mass is 277 g/mol. The summed E-state index contributed by atoms with van der Waals surface area (Å²) in [5.41, 5.74) is 0.572. The molecule has 1 N–H and O–H groups in total. The predicted octanol–water partition coefficient (Wildman–Crippen LogP) is 2.72. The zero-order chi connectivity index (χ0) is 14.9. The minimum Gasteiger partial charge on any atom is -0.478 e. The van der Waals surface area contributed by atoms with Crippen molar-refractivity contribution >= 4 is 12.1 Å². The number of carboxylic acids is 1. The lowest BCUT2D eigenvalue weighted by molar-refractivity contribution is 0.00815. The fourth-order valence-electron chi connectivity index (χ4n) is 2.20. The van der Waals surface area contributed by atoms with E-state index >= 15 is 0 Å². The summed E-state index contributed by atoms with van der Waals surface area (Å²) in [6, 6.07) is 6.92. The van der Waals surface area contributed by atoms with E-state index in [9.17, 15) is 9.59 Å². The predicted molar refractivity (Wildman–Crippen MR) is 73.9 cm³/mol. The maximum atomic E-state index is 11.8. The summed E-state index contributed by atoms with van der Waals surface area (Å²) in [5, 5.41) is 9.16. The third-order valence-electron chi connectivity index (χ3n) is 3.16. The molecule has 1 aromatic carbocycles. The van der Waals surface area contributed by atoms with Crippen LogP contribution in [0.15, 0.2) is 24.3 Å². The number of carboxylic acid groups (broad SMARTS) is 1. The van der Waals surface area contributed by atoms with Gasteiger partial charge in [-0.25, -0.2) is 9.59 Å². The number of rotatable bonds is 2. The lowest BCUT2D eigenvalue weighted by Gasteiger charge is -2.40. The van der Waals surface area contributed by atoms with Crippen LogP contribution in [-0.2, 0) is 4.74 Å². The van der Waals surface area contributed by atoms with Gasteiger partial charge >= 0.3 is 12.1 Å². The molecule has 1 fully saturated rings. The third kappa shape index (κ3) is 3.10. The average Bonchev–Trinajstić information content (AvgIpc) is 2.24. The first-order valence-electron chi connectivity index (χ1n) is 6.58. The van der Waals surface area contributed by atoms with Crippen molar-refractivity contribution in [3.63, 3.8) is 0 Å². The van der Waals surface area contributed by atoms with Crippen LogP contribution in [0.1, 0.15) is 42.6 Å². The Balaban J connectivity index is 2.00. The zero-order valence-electron chi connectivity index (χ0n) is 11.9. The number of hydrogen-bond donors (Lipinski definition) is 1. The van der Waals surface area contributed by atoms with Gasteiger partial charge in [-0.05, 0) is 32.4 Å². The molecular weight excluding hydrogens is 258 g/mol. The highest BCUT2D eigenvalue weighted by Crippen LogP contribution is 2.30. The van der Waals surface area contributed by atoms with Crippen molar-refractivity contribution in [2.24, 2.45) is 0 Å². The smallest absolute Gasteiger partial charge is 0.410 e. The number of likely N-dealkylation sites (tertiary alicyclic amines) is 1. The van der Waals surface area contributed by atoms with E-state index in [0.717, 1.165) is 5.56 Å². The molecule has 0 atom stereocenters. The topological polar surface area (TPSA) is 66.8 Å². The maximum absolute atomic E-state index is 11.8. The Bertz CT molecular complexity index is 527. The first-order chi connectivity index (χ1) is 9.28. The van der Waals surface area contributed by atoms with Gasteiger partial charge in [0.05, 0.1) is 5.56 Å². The summed E-state index contributed by atoms with van der Waals surface area (Å²) < 4.78 is 5.27. The highest BCUT2D eigenvalue weighted by molar-refractivity contribution is 5.89. The Morgan fingerprint density at radius 1 is 1.25 bits per heavy atom.